The van der Waals surface area contributed by atoms with Crippen molar-refractivity contribution in [1.29, 1.82) is 0 Å². The Bertz CT molecular complexity index is 1190. The highest BCUT2D eigenvalue weighted by Gasteiger charge is 2.34. The van der Waals surface area contributed by atoms with E-state index in [9.17, 15) is 9.18 Å². The molecule has 2 aliphatic rings. The Morgan fingerprint density at radius 1 is 1.03 bits per heavy atom. The number of carbonyl (C=O) groups is 1. The minimum Gasteiger partial charge on any atom is -0.497 e. The molecule has 0 aromatic heterocycles. The fourth-order valence-electron chi connectivity index (χ4n) is 4.64. The third-order valence-electron chi connectivity index (χ3n) is 6.42. The van der Waals surface area contributed by atoms with Gasteiger partial charge in [-0.05, 0) is 41.3 Å². The van der Waals surface area contributed by atoms with Crippen LogP contribution in [-0.2, 0) is 17.8 Å². The molecule has 3 aromatic carbocycles. The van der Waals surface area contributed by atoms with Crippen LogP contribution in [0.1, 0.15) is 34.7 Å². The molecule has 0 saturated carbocycles. The van der Waals surface area contributed by atoms with Crippen LogP contribution < -0.4 is 4.74 Å². The number of methoxy groups -OCH3 is 1. The van der Waals surface area contributed by atoms with E-state index in [0.717, 1.165) is 30.8 Å². The van der Waals surface area contributed by atoms with Gasteiger partial charge in [0.05, 0.1) is 25.4 Å². The highest BCUT2D eigenvalue weighted by atomic mass is 19.1. The number of nitrogens with zero attached hydrogens (tertiary/aromatic N) is 3. The second kappa shape index (κ2) is 9.16. The SMILES string of the molecule is COc1ccc(C2CC(c3ccccc3F)=NN2C(=O)CN2CCc3ccccc3C2)cc1. The van der Waals surface area contributed by atoms with Crippen LogP contribution in [0.25, 0.3) is 0 Å². The largest absolute Gasteiger partial charge is 0.497 e. The number of hydrogen-bond acceptors (Lipinski definition) is 4. The summed E-state index contributed by atoms with van der Waals surface area (Å²) in [6.45, 7) is 1.84. The minimum absolute atomic E-state index is 0.0819. The van der Waals surface area contributed by atoms with Gasteiger partial charge in [0.2, 0.25) is 0 Å². The number of benzene rings is 3. The zero-order valence-corrected chi connectivity index (χ0v) is 18.6. The van der Waals surface area contributed by atoms with E-state index in [1.807, 2.05) is 30.3 Å². The standard InChI is InChI=1S/C27H26FN3O2/c1-33-22-12-10-20(11-13-22)26-16-25(23-8-4-5-9-24(23)28)29-31(26)27(32)18-30-15-14-19-6-2-3-7-21(19)17-30/h2-13,26H,14-18H2,1H3. The number of carbonyl (C=O) groups excluding carboxylic acids is 1. The van der Waals surface area contributed by atoms with Crippen molar-refractivity contribution in [3.05, 3.63) is 101 Å². The third-order valence-corrected chi connectivity index (χ3v) is 6.42. The summed E-state index contributed by atoms with van der Waals surface area (Å²) < 4.78 is 19.8. The molecular formula is C27H26FN3O2. The van der Waals surface area contributed by atoms with Crippen LogP contribution >= 0.6 is 0 Å². The molecule has 2 heterocycles. The molecule has 1 amide bonds. The van der Waals surface area contributed by atoms with Gasteiger partial charge in [-0.1, -0.05) is 54.6 Å². The lowest BCUT2D eigenvalue weighted by atomic mass is 9.98. The Morgan fingerprint density at radius 3 is 2.52 bits per heavy atom. The first-order valence-corrected chi connectivity index (χ1v) is 11.2. The summed E-state index contributed by atoms with van der Waals surface area (Å²) in [7, 11) is 1.62. The van der Waals surface area contributed by atoms with Crippen LogP contribution in [0, 0.1) is 5.82 Å². The number of amides is 1. The molecule has 1 unspecified atom stereocenters. The van der Waals surface area contributed by atoms with Crippen molar-refractivity contribution in [2.75, 3.05) is 20.2 Å². The van der Waals surface area contributed by atoms with E-state index >= 15 is 0 Å². The first-order valence-electron chi connectivity index (χ1n) is 11.2. The van der Waals surface area contributed by atoms with Crippen LogP contribution in [0.5, 0.6) is 5.75 Å². The second-order valence-electron chi connectivity index (χ2n) is 8.49. The predicted molar refractivity (Wildman–Crippen MR) is 126 cm³/mol. The van der Waals surface area contributed by atoms with Gasteiger partial charge >= 0.3 is 0 Å². The summed E-state index contributed by atoms with van der Waals surface area (Å²) in [5.74, 6) is 0.338. The molecule has 1 atom stereocenters. The lowest BCUT2D eigenvalue weighted by molar-refractivity contribution is -0.134. The molecule has 0 aliphatic carbocycles. The maximum atomic E-state index is 14.5. The first kappa shape index (κ1) is 21.3. The zero-order valence-electron chi connectivity index (χ0n) is 18.6. The summed E-state index contributed by atoms with van der Waals surface area (Å²) in [6.07, 6.45) is 1.39. The maximum Gasteiger partial charge on any atom is 0.257 e. The monoisotopic (exact) mass is 443 g/mol. The Labute approximate surface area is 193 Å². The van der Waals surface area contributed by atoms with Crippen molar-refractivity contribution >= 4 is 11.6 Å². The molecule has 168 valence electrons. The average molecular weight is 444 g/mol. The molecule has 33 heavy (non-hydrogen) atoms. The van der Waals surface area contributed by atoms with E-state index in [-0.39, 0.29) is 24.3 Å². The molecule has 6 heteroatoms. The summed E-state index contributed by atoms with van der Waals surface area (Å²) in [6, 6.07) is 22.3. The molecule has 5 rings (SSSR count). The van der Waals surface area contributed by atoms with Crippen molar-refractivity contribution < 1.29 is 13.9 Å². The van der Waals surface area contributed by atoms with Crippen LogP contribution in [0.15, 0.2) is 77.9 Å². The van der Waals surface area contributed by atoms with Gasteiger partial charge in [0.25, 0.3) is 5.91 Å². The third kappa shape index (κ3) is 4.39. The number of rotatable bonds is 5. The Hall–Kier alpha value is -3.51. The highest BCUT2D eigenvalue weighted by molar-refractivity contribution is 6.03. The van der Waals surface area contributed by atoms with Crippen molar-refractivity contribution in [2.45, 2.75) is 25.4 Å². The van der Waals surface area contributed by atoms with Crippen molar-refractivity contribution in [1.82, 2.24) is 9.91 Å². The molecule has 0 radical (unpaired) electrons. The molecular weight excluding hydrogens is 417 g/mol. The van der Waals surface area contributed by atoms with Crippen LogP contribution in [0.2, 0.25) is 0 Å². The quantitative estimate of drug-likeness (QED) is 0.580. The summed E-state index contributed by atoms with van der Waals surface area (Å²) in [5.41, 5.74) is 4.59. The Balaban J connectivity index is 1.40. The fourth-order valence-corrected chi connectivity index (χ4v) is 4.64. The summed E-state index contributed by atoms with van der Waals surface area (Å²) in [4.78, 5) is 15.6. The second-order valence-corrected chi connectivity index (χ2v) is 8.49. The van der Waals surface area contributed by atoms with Crippen molar-refractivity contribution in [3.8, 4) is 5.75 Å². The molecule has 0 bridgehead atoms. The van der Waals surface area contributed by atoms with E-state index in [1.54, 1.807) is 30.3 Å². The van der Waals surface area contributed by atoms with Gasteiger partial charge in [-0.15, -0.1) is 0 Å². The Kier molecular flexibility index (Phi) is 5.92. The van der Waals surface area contributed by atoms with Crippen LogP contribution in [-0.4, -0.2) is 41.7 Å². The summed E-state index contributed by atoms with van der Waals surface area (Å²) in [5, 5.41) is 6.18. The number of hydrazone groups is 1. The number of hydrogen-bond donors (Lipinski definition) is 0. The van der Waals surface area contributed by atoms with Gasteiger partial charge in [-0.2, -0.15) is 5.10 Å². The molecule has 0 saturated heterocycles. The molecule has 5 nitrogen and oxygen atoms in total. The molecule has 3 aromatic rings. The maximum absolute atomic E-state index is 14.5. The Morgan fingerprint density at radius 2 is 1.76 bits per heavy atom. The minimum atomic E-state index is -0.327. The van der Waals surface area contributed by atoms with Crippen molar-refractivity contribution in [2.24, 2.45) is 5.10 Å². The van der Waals surface area contributed by atoms with Gasteiger partial charge in [0.1, 0.15) is 11.6 Å². The lowest BCUT2D eigenvalue weighted by Gasteiger charge is -2.30. The van der Waals surface area contributed by atoms with Gasteiger partial charge in [0, 0.05) is 25.1 Å². The van der Waals surface area contributed by atoms with Gasteiger partial charge < -0.3 is 4.74 Å². The number of fused-ring (bicyclic) bond motifs is 1. The number of ether oxygens (including phenoxy) is 1. The molecule has 0 fully saturated rings. The van der Waals surface area contributed by atoms with Crippen LogP contribution in [0.3, 0.4) is 0 Å². The lowest BCUT2D eigenvalue weighted by Crippen LogP contribution is -2.40. The van der Waals surface area contributed by atoms with Gasteiger partial charge in [-0.25, -0.2) is 9.40 Å². The van der Waals surface area contributed by atoms with Gasteiger partial charge in [-0.3, -0.25) is 9.69 Å². The number of halogens is 1. The van der Waals surface area contributed by atoms with Crippen LogP contribution in [0.4, 0.5) is 4.39 Å². The van der Waals surface area contributed by atoms with E-state index in [1.165, 1.54) is 17.2 Å². The van der Waals surface area contributed by atoms with E-state index in [0.29, 0.717) is 17.7 Å². The highest BCUT2D eigenvalue weighted by Crippen LogP contribution is 2.34. The van der Waals surface area contributed by atoms with E-state index in [4.69, 9.17) is 4.74 Å². The molecule has 0 N–H and O–H groups in total. The smallest absolute Gasteiger partial charge is 0.257 e. The fraction of sp³-hybridized carbons (Fsp3) is 0.259. The van der Waals surface area contributed by atoms with Crippen molar-refractivity contribution in [3.63, 3.8) is 0 Å². The first-order chi connectivity index (χ1) is 16.1. The van der Waals surface area contributed by atoms with E-state index < -0.39 is 0 Å². The van der Waals surface area contributed by atoms with Gasteiger partial charge in [0.15, 0.2) is 0 Å². The predicted octanol–water partition coefficient (Wildman–Crippen LogP) is 4.57. The average Bonchev–Trinajstić information content (AvgIpc) is 3.30. The summed E-state index contributed by atoms with van der Waals surface area (Å²) >= 11 is 0. The topological polar surface area (TPSA) is 45.1 Å². The zero-order chi connectivity index (χ0) is 22.8. The molecule has 0 spiro atoms. The normalized spacial score (nSPS) is 18.1. The van der Waals surface area contributed by atoms with E-state index in [2.05, 4.69) is 28.2 Å². The molecule has 2 aliphatic heterocycles.